The molecular formula is C13H18FNO3. The average molecular weight is 255 g/mol. The zero-order valence-corrected chi connectivity index (χ0v) is 10.8. The number of rotatable bonds is 6. The van der Waals surface area contributed by atoms with Crippen molar-refractivity contribution in [1.29, 1.82) is 0 Å². The molecule has 0 aliphatic heterocycles. The highest BCUT2D eigenvalue weighted by molar-refractivity contribution is 5.68. The number of hydrogen-bond acceptors (Lipinski definition) is 3. The van der Waals surface area contributed by atoms with Crippen LogP contribution in [-0.4, -0.2) is 43.7 Å². The first kappa shape index (κ1) is 14.4. The van der Waals surface area contributed by atoms with E-state index in [4.69, 9.17) is 9.84 Å². The molecule has 100 valence electrons. The predicted octanol–water partition coefficient (Wildman–Crippen LogP) is 1.95. The van der Waals surface area contributed by atoms with Crippen molar-refractivity contribution < 1.29 is 19.0 Å². The number of ether oxygens (including phenoxy) is 1. The number of carbonyl (C=O) groups is 1. The number of likely N-dealkylation sites (N-methyl/N-ethyl adjacent to an activating group) is 1. The molecule has 0 spiro atoms. The van der Waals surface area contributed by atoms with Crippen LogP contribution in [0.25, 0.3) is 0 Å². The molecule has 0 aromatic heterocycles. The van der Waals surface area contributed by atoms with E-state index in [1.54, 1.807) is 6.07 Å². The maximum atomic E-state index is 13.6. The number of methoxy groups -OCH3 is 1. The molecule has 0 radical (unpaired) electrons. The first-order chi connectivity index (χ1) is 8.43. The summed E-state index contributed by atoms with van der Waals surface area (Å²) in [5, 5.41) is 8.89. The Kier molecular flexibility index (Phi) is 5.09. The number of benzene rings is 1. The standard InChI is InChI=1S/C13H18FNO3/c1-15(2)8-10(7-13(16)17)9-4-5-12(18-3)11(14)6-9/h4-6,10H,7-8H2,1-3H3,(H,16,17). The number of halogens is 1. The third-order valence-electron chi connectivity index (χ3n) is 2.65. The van der Waals surface area contributed by atoms with E-state index >= 15 is 0 Å². The molecule has 0 saturated heterocycles. The van der Waals surface area contributed by atoms with Crippen molar-refractivity contribution in [2.75, 3.05) is 27.7 Å². The summed E-state index contributed by atoms with van der Waals surface area (Å²) in [6.07, 6.45) is -0.0239. The highest BCUT2D eigenvalue weighted by Crippen LogP contribution is 2.25. The Morgan fingerprint density at radius 2 is 2.17 bits per heavy atom. The van der Waals surface area contributed by atoms with Gasteiger partial charge < -0.3 is 14.7 Å². The Morgan fingerprint density at radius 3 is 2.61 bits per heavy atom. The summed E-state index contributed by atoms with van der Waals surface area (Å²) < 4.78 is 18.4. The first-order valence-electron chi connectivity index (χ1n) is 5.64. The molecule has 1 rings (SSSR count). The van der Waals surface area contributed by atoms with Gasteiger partial charge in [-0.3, -0.25) is 4.79 Å². The van der Waals surface area contributed by atoms with E-state index < -0.39 is 11.8 Å². The van der Waals surface area contributed by atoms with Gasteiger partial charge in [-0.1, -0.05) is 6.07 Å². The molecule has 0 aliphatic carbocycles. The van der Waals surface area contributed by atoms with E-state index in [-0.39, 0.29) is 18.1 Å². The summed E-state index contributed by atoms with van der Waals surface area (Å²) in [5.74, 6) is -1.43. The summed E-state index contributed by atoms with van der Waals surface area (Å²) in [6, 6.07) is 4.57. The fourth-order valence-electron chi connectivity index (χ4n) is 1.88. The first-order valence-corrected chi connectivity index (χ1v) is 5.64. The minimum atomic E-state index is -0.891. The van der Waals surface area contributed by atoms with Crippen molar-refractivity contribution in [3.05, 3.63) is 29.6 Å². The van der Waals surface area contributed by atoms with Crippen LogP contribution in [-0.2, 0) is 4.79 Å². The molecule has 0 amide bonds. The van der Waals surface area contributed by atoms with E-state index in [0.29, 0.717) is 12.1 Å². The molecule has 0 fully saturated rings. The van der Waals surface area contributed by atoms with E-state index in [1.807, 2.05) is 19.0 Å². The van der Waals surface area contributed by atoms with Gasteiger partial charge in [-0.2, -0.15) is 0 Å². The van der Waals surface area contributed by atoms with Crippen molar-refractivity contribution >= 4 is 5.97 Å². The molecule has 5 heteroatoms. The number of carboxylic acid groups (broad SMARTS) is 1. The van der Waals surface area contributed by atoms with Crippen LogP contribution in [0.1, 0.15) is 17.9 Å². The highest BCUT2D eigenvalue weighted by Gasteiger charge is 2.18. The Labute approximate surface area is 106 Å². The fraction of sp³-hybridized carbons (Fsp3) is 0.462. The van der Waals surface area contributed by atoms with E-state index in [1.165, 1.54) is 19.2 Å². The van der Waals surface area contributed by atoms with Crippen molar-refractivity contribution in [1.82, 2.24) is 4.90 Å². The van der Waals surface area contributed by atoms with Gasteiger partial charge in [0.25, 0.3) is 0 Å². The molecule has 1 aromatic carbocycles. The monoisotopic (exact) mass is 255 g/mol. The smallest absolute Gasteiger partial charge is 0.304 e. The molecule has 0 heterocycles. The van der Waals surface area contributed by atoms with Gasteiger partial charge in [0.1, 0.15) is 0 Å². The van der Waals surface area contributed by atoms with Gasteiger partial charge in [0, 0.05) is 12.5 Å². The van der Waals surface area contributed by atoms with E-state index in [9.17, 15) is 9.18 Å². The van der Waals surface area contributed by atoms with Crippen molar-refractivity contribution in [2.45, 2.75) is 12.3 Å². The summed E-state index contributed by atoms with van der Waals surface area (Å²) in [5.41, 5.74) is 0.671. The maximum Gasteiger partial charge on any atom is 0.304 e. The Balaban J connectivity index is 2.97. The molecule has 4 nitrogen and oxygen atoms in total. The largest absolute Gasteiger partial charge is 0.494 e. The number of aliphatic carboxylic acids is 1. The molecule has 1 unspecified atom stereocenters. The third kappa shape index (κ3) is 4.00. The Bertz CT molecular complexity index is 421. The van der Waals surface area contributed by atoms with Crippen LogP contribution in [0, 0.1) is 5.82 Å². The zero-order valence-electron chi connectivity index (χ0n) is 10.8. The van der Waals surface area contributed by atoms with Crippen LogP contribution in [0.4, 0.5) is 4.39 Å². The normalized spacial score (nSPS) is 12.5. The minimum absolute atomic E-state index is 0.0239. The topological polar surface area (TPSA) is 49.8 Å². The summed E-state index contributed by atoms with van der Waals surface area (Å²) >= 11 is 0. The van der Waals surface area contributed by atoms with Crippen molar-refractivity contribution in [3.63, 3.8) is 0 Å². The highest BCUT2D eigenvalue weighted by atomic mass is 19.1. The van der Waals surface area contributed by atoms with Crippen LogP contribution in [0.3, 0.4) is 0 Å². The van der Waals surface area contributed by atoms with E-state index in [0.717, 1.165) is 0 Å². The molecule has 0 bridgehead atoms. The quantitative estimate of drug-likeness (QED) is 0.844. The number of carboxylic acids is 1. The van der Waals surface area contributed by atoms with Crippen molar-refractivity contribution in [2.24, 2.45) is 0 Å². The molecule has 18 heavy (non-hydrogen) atoms. The van der Waals surface area contributed by atoms with Gasteiger partial charge in [0.2, 0.25) is 0 Å². The second-order valence-electron chi connectivity index (χ2n) is 4.45. The lowest BCUT2D eigenvalue weighted by atomic mass is 9.95. The summed E-state index contributed by atoms with van der Waals surface area (Å²) in [6.45, 7) is 0.554. The molecule has 1 N–H and O–H groups in total. The molecule has 0 aliphatic rings. The second-order valence-corrected chi connectivity index (χ2v) is 4.45. The van der Waals surface area contributed by atoms with Gasteiger partial charge in [0.05, 0.1) is 13.5 Å². The average Bonchev–Trinajstić information content (AvgIpc) is 2.26. The van der Waals surface area contributed by atoms with Gasteiger partial charge in [-0.05, 0) is 31.8 Å². The summed E-state index contributed by atoms with van der Waals surface area (Å²) in [7, 11) is 5.11. The Hall–Kier alpha value is -1.62. The second kappa shape index (κ2) is 6.35. The third-order valence-corrected chi connectivity index (χ3v) is 2.65. The molecule has 1 atom stereocenters. The van der Waals surface area contributed by atoms with Crippen LogP contribution in [0.5, 0.6) is 5.75 Å². The van der Waals surface area contributed by atoms with E-state index in [2.05, 4.69) is 0 Å². The van der Waals surface area contributed by atoms with Crippen LogP contribution in [0.2, 0.25) is 0 Å². The van der Waals surface area contributed by atoms with Gasteiger partial charge in [-0.15, -0.1) is 0 Å². The lowest BCUT2D eigenvalue weighted by Gasteiger charge is -2.20. The molecule has 1 aromatic rings. The van der Waals surface area contributed by atoms with Crippen LogP contribution >= 0.6 is 0 Å². The van der Waals surface area contributed by atoms with Crippen LogP contribution < -0.4 is 4.74 Å². The Morgan fingerprint density at radius 1 is 1.50 bits per heavy atom. The summed E-state index contributed by atoms with van der Waals surface area (Å²) in [4.78, 5) is 12.7. The predicted molar refractivity (Wildman–Crippen MR) is 66.5 cm³/mol. The van der Waals surface area contributed by atoms with Gasteiger partial charge >= 0.3 is 5.97 Å². The lowest BCUT2D eigenvalue weighted by molar-refractivity contribution is -0.137. The van der Waals surface area contributed by atoms with Gasteiger partial charge in [0.15, 0.2) is 11.6 Å². The van der Waals surface area contributed by atoms with Crippen LogP contribution in [0.15, 0.2) is 18.2 Å². The maximum absolute atomic E-state index is 13.6. The minimum Gasteiger partial charge on any atom is -0.494 e. The SMILES string of the molecule is COc1ccc(C(CC(=O)O)CN(C)C)cc1F. The van der Waals surface area contributed by atoms with Crippen molar-refractivity contribution in [3.8, 4) is 5.75 Å². The zero-order chi connectivity index (χ0) is 13.7. The number of nitrogens with zero attached hydrogens (tertiary/aromatic N) is 1. The lowest BCUT2D eigenvalue weighted by Crippen LogP contribution is -2.22. The number of hydrogen-bond donors (Lipinski definition) is 1. The fourth-order valence-corrected chi connectivity index (χ4v) is 1.88. The molecular weight excluding hydrogens is 237 g/mol. The van der Waals surface area contributed by atoms with Gasteiger partial charge in [-0.25, -0.2) is 4.39 Å². The molecule has 0 saturated carbocycles.